The SMILES string of the molecule is CC(=O)OC1C(O)COC(OC2C(OC(=O)C34CCC(C)(C)CC3C3=CCC5C6(C)CCC(OC7OC(C(=O)O)C(O)C(OC8OC(C)C(O)C(O)C8O)C7O)C(C)(C)C6CCC5(C)C3(C)CC4)OC(CO)C(O)C2O)C1O. The lowest BCUT2D eigenvalue weighted by Gasteiger charge is -2.71. The number of esters is 2. The molecule has 4 saturated heterocycles. The number of allylic oxidation sites excluding steroid dienone is 2. The maximum absolute atomic E-state index is 15.3. The van der Waals surface area contributed by atoms with Crippen molar-refractivity contribution < 1.29 is 113 Å². The van der Waals surface area contributed by atoms with Crippen molar-refractivity contribution in [2.75, 3.05) is 13.2 Å². The van der Waals surface area contributed by atoms with Crippen LogP contribution in [-0.2, 0) is 57.0 Å². The zero-order chi connectivity index (χ0) is 57.1. The second-order valence-corrected chi connectivity index (χ2v) is 26.4. The van der Waals surface area contributed by atoms with Crippen molar-refractivity contribution in [2.24, 2.45) is 50.2 Å². The lowest BCUT2D eigenvalue weighted by Crippen LogP contribution is -2.67. The molecule has 0 amide bonds. The van der Waals surface area contributed by atoms with Gasteiger partial charge in [-0.2, -0.15) is 0 Å². The number of ether oxygens (including phenoxy) is 9. The van der Waals surface area contributed by atoms with Crippen LogP contribution in [0.4, 0.5) is 0 Å². The largest absolute Gasteiger partial charge is 0.479 e. The summed E-state index contributed by atoms with van der Waals surface area (Å²) in [7, 11) is 0. The molecule has 27 unspecified atom stereocenters. The van der Waals surface area contributed by atoms with Crippen LogP contribution < -0.4 is 0 Å². The Kier molecular flexibility index (Phi) is 16.6. The highest BCUT2D eigenvalue weighted by Gasteiger charge is 2.70. The Balaban J connectivity index is 0.952. The van der Waals surface area contributed by atoms with E-state index in [1.54, 1.807) is 0 Å². The minimum atomic E-state index is -1.94. The molecule has 78 heavy (non-hydrogen) atoms. The van der Waals surface area contributed by atoms with Crippen molar-refractivity contribution in [3.8, 4) is 0 Å². The van der Waals surface area contributed by atoms with Gasteiger partial charge in [-0.25, -0.2) is 4.79 Å². The van der Waals surface area contributed by atoms with Gasteiger partial charge in [-0.05, 0) is 116 Å². The van der Waals surface area contributed by atoms with E-state index in [4.69, 9.17) is 42.6 Å². The van der Waals surface area contributed by atoms with Gasteiger partial charge >= 0.3 is 17.9 Å². The molecule has 11 N–H and O–H groups in total. The molecule has 23 nitrogen and oxygen atoms in total. The molecule has 5 aliphatic carbocycles. The van der Waals surface area contributed by atoms with Gasteiger partial charge in [0, 0.05) is 6.92 Å². The average molecular weight is 1120 g/mol. The fraction of sp³-hybridized carbons (Fsp3) is 0.909. The summed E-state index contributed by atoms with van der Waals surface area (Å²) in [6.45, 7) is 17.1. The summed E-state index contributed by atoms with van der Waals surface area (Å²) in [6, 6.07) is 0. The third-order valence-corrected chi connectivity index (χ3v) is 21.2. The van der Waals surface area contributed by atoms with Crippen molar-refractivity contribution >= 4 is 17.9 Å². The predicted molar refractivity (Wildman–Crippen MR) is 265 cm³/mol. The van der Waals surface area contributed by atoms with Gasteiger partial charge in [0.2, 0.25) is 6.29 Å². The zero-order valence-electron chi connectivity index (χ0n) is 46.2. The molecule has 0 aromatic rings. The molecular weight excluding hydrogens is 1030 g/mol. The Morgan fingerprint density at radius 2 is 1.29 bits per heavy atom. The second-order valence-electron chi connectivity index (χ2n) is 26.4. The standard InChI is InChI=1S/C55H86O23/c1-23-32(59)34(61)36(63)46(71-23)75-41-37(64)42(44(67)68)76-47(39(41)66)74-31-13-14-52(7)29(51(31,5)6)12-15-54(9)30(52)11-10-25-26-20-50(3,4)16-18-55(26,19-17-53(25,54)8)49(69)78-48-43(35(62)33(60)28(21-56)73-48)77-45-38(65)40(72-24(2)57)27(58)22-70-45/h10,23,26-43,45-48,56,58-66H,11-22H2,1-9H3,(H,67,68). The molecule has 444 valence electrons. The molecule has 27 atom stereocenters. The molecule has 23 heteroatoms. The number of hydrogen-bond donors (Lipinski definition) is 11. The molecule has 8 fully saturated rings. The Morgan fingerprint density at radius 1 is 0.641 bits per heavy atom. The minimum Gasteiger partial charge on any atom is -0.479 e. The van der Waals surface area contributed by atoms with Crippen LogP contribution in [0.5, 0.6) is 0 Å². The Bertz CT molecular complexity index is 2250. The third-order valence-electron chi connectivity index (χ3n) is 21.2. The van der Waals surface area contributed by atoms with Gasteiger partial charge in [0.05, 0.1) is 30.8 Å². The summed E-state index contributed by atoms with van der Waals surface area (Å²) >= 11 is 0. The number of carboxylic acids is 1. The van der Waals surface area contributed by atoms with E-state index in [9.17, 15) is 65.8 Å². The first-order chi connectivity index (χ1) is 36.4. The van der Waals surface area contributed by atoms with Crippen LogP contribution in [-0.4, -0.2) is 210 Å². The fourth-order valence-electron chi connectivity index (χ4n) is 16.5. The topological polar surface area (TPSA) is 357 Å². The van der Waals surface area contributed by atoms with Crippen molar-refractivity contribution in [1.29, 1.82) is 0 Å². The van der Waals surface area contributed by atoms with Crippen LogP contribution in [0.2, 0.25) is 0 Å². The number of aliphatic hydroxyl groups excluding tert-OH is 10. The highest BCUT2D eigenvalue weighted by molar-refractivity contribution is 5.79. The van der Waals surface area contributed by atoms with E-state index in [0.29, 0.717) is 44.9 Å². The number of carbonyl (C=O) groups excluding carboxylic acids is 2. The van der Waals surface area contributed by atoms with Crippen molar-refractivity contribution in [3.63, 3.8) is 0 Å². The number of aliphatic carboxylic acids is 1. The van der Waals surface area contributed by atoms with Gasteiger partial charge in [-0.15, -0.1) is 0 Å². The van der Waals surface area contributed by atoms with Crippen LogP contribution >= 0.6 is 0 Å². The summed E-state index contributed by atoms with van der Waals surface area (Å²) < 4.78 is 52.9. The molecule has 9 aliphatic rings. The molecule has 0 bridgehead atoms. The Labute approximate surface area is 454 Å². The van der Waals surface area contributed by atoms with E-state index in [0.717, 1.165) is 26.2 Å². The van der Waals surface area contributed by atoms with Crippen molar-refractivity contribution in [1.82, 2.24) is 0 Å². The van der Waals surface area contributed by atoms with Crippen LogP contribution in [0, 0.1) is 50.2 Å². The molecule has 4 heterocycles. The third kappa shape index (κ3) is 9.90. The monoisotopic (exact) mass is 1110 g/mol. The van der Waals surface area contributed by atoms with Gasteiger partial charge in [-0.1, -0.05) is 60.1 Å². The van der Waals surface area contributed by atoms with Gasteiger partial charge in [0.15, 0.2) is 37.2 Å². The highest BCUT2D eigenvalue weighted by atomic mass is 16.8. The molecule has 0 aromatic carbocycles. The van der Waals surface area contributed by atoms with Crippen molar-refractivity contribution in [2.45, 2.75) is 249 Å². The van der Waals surface area contributed by atoms with Crippen molar-refractivity contribution in [3.05, 3.63) is 11.6 Å². The first-order valence-electron chi connectivity index (χ1n) is 28.0. The number of carboxylic acid groups (broad SMARTS) is 1. The fourth-order valence-corrected chi connectivity index (χ4v) is 16.5. The number of hydrogen-bond acceptors (Lipinski definition) is 22. The molecule has 9 rings (SSSR count). The second kappa shape index (κ2) is 21.6. The molecule has 4 saturated carbocycles. The van der Waals surface area contributed by atoms with E-state index >= 15 is 4.79 Å². The molecule has 0 aromatic heterocycles. The number of aliphatic hydroxyl groups is 10. The van der Waals surface area contributed by atoms with Gasteiger partial charge in [-0.3, -0.25) is 9.59 Å². The van der Waals surface area contributed by atoms with Crippen LogP contribution in [0.3, 0.4) is 0 Å². The van der Waals surface area contributed by atoms with Crippen LogP contribution in [0.15, 0.2) is 11.6 Å². The summed E-state index contributed by atoms with van der Waals surface area (Å²) in [5.74, 6) is -2.95. The molecule has 0 spiro atoms. The van der Waals surface area contributed by atoms with E-state index in [1.165, 1.54) is 12.5 Å². The van der Waals surface area contributed by atoms with E-state index in [-0.39, 0.29) is 39.4 Å². The van der Waals surface area contributed by atoms with Gasteiger partial charge in [0.1, 0.15) is 67.1 Å². The maximum atomic E-state index is 15.3. The maximum Gasteiger partial charge on any atom is 0.335 e. The smallest absolute Gasteiger partial charge is 0.335 e. The summed E-state index contributed by atoms with van der Waals surface area (Å²) in [4.78, 5) is 39.7. The first-order valence-corrected chi connectivity index (χ1v) is 28.0. The molecular formula is C55H86O23. The normalized spacial score (nSPS) is 51.8. The lowest BCUT2D eigenvalue weighted by molar-refractivity contribution is -0.363. The Hall–Kier alpha value is -2.53. The van der Waals surface area contributed by atoms with Crippen LogP contribution in [0.25, 0.3) is 0 Å². The zero-order valence-corrected chi connectivity index (χ0v) is 46.2. The summed E-state index contributed by atoms with van der Waals surface area (Å²) in [5.41, 5.74) is -1.46. The lowest BCUT2D eigenvalue weighted by atomic mass is 9.33. The highest BCUT2D eigenvalue weighted by Crippen LogP contribution is 2.76. The first kappa shape index (κ1) is 60.1. The van der Waals surface area contributed by atoms with E-state index < -0.39 is 165 Å². The van der Waals surface area contributed by atoms with Gasteiger partial charge < -0.3 is 98.8 Å². The number of fused-ring (bicyclic) bond motifs is 7. The minimum absolute atomic E-state index is 0.0699. The van der Waals surface area contributed by atoms with Crippen LogP contribution in [0.1, 0.15) is 127 Å². The van der Waals surface area contributed by atoms with Gasteiger partial charge in [0.25, 0.3) is 0 Å². The quantitative estimate of drug-likeness (QED) is 0.0753. The molecule has 4 aliphatic heterocycles. The summed E-state index contributed by atoms with van der Waals surface area (Å²) in [5, 5.41) is 119. The average Bonchev–Trinajstić information content (AvgIpc) is 3.28. The van der Waals surface area contributed by atoms with E-state index in [1.807, 2.05) is 0 Å². The van der Waals surface area contributed by atoms with E-state index in [2.05, 4.69) is 54.5 Å². The molecule has 0 radical (unpaired) electrons. The number of rotatable bonds is 11. The predicted octanol–water partition coefficient (Wildman–Crippen LogP) is 0.295. The number of carbonyl (C=O) groups is 3. The Morgan fingerprint density at radius 3 is 1.96 bits per heavy atom. The summed E-state index contributed by atoms with van der Waals surface area (Å²) in [6.07, 6.45) is -22.7.